The molecule has 1 fully saturated rings. The summed E-state index contributed by atoms with van der Waals surface area (Å²) in [5.74, 6) is 0.0624. The highest BCUT2D eigenvalue weighted by atomic mass is 19.3. The van der Waals surface area contributed by atoms with Crippen LogP contribution in [0.4, 0.5) is 13.2 Å². The van der Waals surface area contributed by atoms with E-state index in [1.54, 1.807) is 18.2 Å². The quantitative estimate of drug-likeness (QED) is 0.915. The number of alkyl halides is 2. The van der Waals surface area contributed by atoms with Crippen LogP contribution in [0.25, 0.3) is 0 Å². The van der Waals surface area contributed by atoms with Gasteiger partial charge in [-0.25, -0.2) is 4.39 Å². The molecule has 1 aromatic carbocycles. The third-order valence-corrected chi connectivity index (χ3v) is 4.30. The molecule has 1 aliphatic carbocycles. The average Bonchev–Trinajstić information content (AvgIpc) is 2.47. The summed E-state index contributed by atoms with van der Waals surface area (Å²) in [7, 11) is 0. The van der Waals surface area contributed by atoms with E-state index in [1.807, 2.05) is 6.07 Å². The molecule has 0 radical (unpaired) electrons. The number of halogens is 3. The van der Waals surface area contributed by atoms with Crippen molar-refractivity contribution in [3.8, 4) is 0 Å². The number of hydrogen-bond donors (Lipinski definition) is 1. The second-order valence-corrected chi connectivity index (χ2v) is 5.82. The van der Waals surface area contributed by atoms with Gasteiger partial charge in [-0.2, -0.15) is 8.78 Å². The molecule has 0 unspecified atom stereocenters. The molecule has 3 nitrogen and oxygen atoms in total. The predicted molar refractivity (Wildman–Crippen MR) is 81.0 cm³/mol. The van der Waals surface area contributed by atoms with E-state index in [0.29, 0.717) is 16.0 Å². The minimum atomic E-state index is -2.83. The van der Waals surface area contributed by atoms with Crippen molar-refractivity contribution >= 4 is 0 Å². The Morgan fingerprint density at radius 1 is 1.22 bits per heavy atom. The first-order valence-electron chi connectivity index (χ1n) is 7.51. The molecule has 23 heavy (non-hydrogen) atoms. The van der Waals surface area contributed by atoms with Crippen LogP contribution in [-0.4, -0.2) is 10.6 Å². The van der Waals surface area contributed by atoms with Crippen molar-refractivity contribution < 1.29 is 13.2 Å². The van der Waals surface area contributed by atoms with Gasteiger partial charge in [-0.1, -0.05) is 18.2 Å². The van der Waals surface area contributed by atoms with Crippen molar-refractivity contribution in [1.29, 1.82) is 0 Å². The van der Waals surface area contributed by atoms with Crippen LogP contribution in [0.15, 0.2) is 47.4 Å². The number of nitrogens with one attached hydrogen (secondary N) is 1. The molecule has 1 N–H and O–H groups in total. The maximum absolute atomic E-state index is 13.2. The molecule has 0 spiro atoms. The van der Waals surface area contributed by atoms with Crippen molar-refractivity contribution in [2.45, 2.75) is 37.9 Å². The number of aromatic nitrogens is 1. The minimum Gasteiger partial charge on any atom is -0.310 e. The second kappa shape index (κ2) is 6.58. The Kier molecular flexibility index (Phi) is 4.52. The van der Waals surface area contributed by atoms with E-state index in [2.05, 4.69) is 5.32 Å². The molecule has 1 heterocycles. The topological polar surface area (TPSA) is 34.0 Å². The van der Waals surface area contributed by atoms with Gasteiger partial charge in [0.25, 0.3) is 5.56 Å². The monoisotopic (exact) mass is 322 g/mol. The molecular formula is C17H17F3N2O. The molecule has 6 heteroatoms. The van der Waals surface area contributed by atoms with Gasteiger partial charge in [-0.05, 0) is 42.5 Å². The fourth-order valence-corrected chi connectivity index (χ4v) is 2.92. The SMILES string of the molecule is O=c1c(CNC2CC(c3cccc(F)c3)C2)cccn1C(F)F. The highest BCUT2D eigenvalue weighted by molar-refractivity contribution is 5.24. The van der Waals surface area contributed by atoms with Gasteiger partial charge in [0, 0.05) is 24.3 Å². The minimum absolute atomic E-state index is 0.211. The molecule has 0 bridgehead atoms. The zero-order valence-electron chi connectivity index (χ0n) is 12.4. The first-order valence-corrected chi connectivity index (χ1v) is 7.51. The summed E-state index contributed by atoms with van der Waals surface area (Å²) in [6.07, 6.45) is 2.78. The molecule has 3 rings (SSSR count). The van der Waals surface area contributed by atoms with Crippen LogP contribution in [0.5, 0.6) is 0 Å². The summed E-state index contributed by atoms with van der Waals surface area (Å²) in [4.78, 5) is 11.9. The molecule has 122 valence electrons. The van der Waals surface area contributed by atoms with Crippen molar-refractivity contribution in [1.82, 2.24) is 9.88 Å². The Labute approximate surface area is 131 Å². The molecule has 2 aromatic rings. The summed E-state index contributed by atoms with van der Waals surface area (Å²) >= 11 is 0. The van der Waals surface area contributed by atoms with E-state index in [0.717, 1.165) is 24.6 Å². The number of nitrogens with zero attached hydrogens (tertiary/aromatic N) is 1. The lowest BCUT2D eigenvalue weighted by Crippen LogP contribution is -2.41. The van der Waals surface area contributed by atoms with Gasteiger partial charge in [0.15, 0.2) is 0 Å². The Morgan fingerprint density at radius 3 is 2.70 bits per heavy atom. The highest BCUT2D eigenvalue weighted by Crippen LogP contribution is 2.37. The molecule has 1 aliphatic rings. The summed E-state index contributed by atoms with van der Waals surface area (Å²) in [6.45, 7) is -2.57. The van der Waals surface area contributed by atoms with E-state index < -0.39 is 12.1 Å². The zero-order chi connectivity index (χ0) is 16.4. The molecular weight excluding hydrogens is 305 g/mol. The first kappa shape index (κ1) is 15.8. The van der Waals surface area contributed by atoms with Gasteiger partial charge in [-0.3, -0.25) is 9.36 Å². The predicted octanol–water partition coefficient (Wildman–Crippen LogP) is 3.42. The smallest absolute Gasteiger partial charge is 0.310 e. The third kappa shape index (κ3) is 3.47. The van der Waals surface area contributed by atoms with E-state index in [1.165, 1.54) is 12.1 Å². The largest absolute Gasteiger partial charge is 0.321 e. The Morgan fingerprint density at radius 2 is 2.00 bits per heavy atom. The fourth-order valence-electron chi connectivity index (χ4n) is 2.92. The summed E-state index contributed by atoms with van der Waals surface area (Å²) in [5.41, 5.74) is 0.626. The lowest BCUT2D eigenvalue weighted by molar-refractivity contribution is 0.0659. The van der Waals surface area contributed by atoms with Crippen LogP contribution in [0.3, 0.4) is 0 Å². The van der Waals surface area contributed by atoms with E-state index in [4.69, 9.17) is 0 Å². The second-order valence-electron chi connectivity index (χ2n) is 5.82. The van der Waals surface area contributed by atoms with Crippen LogP contribution in [0.2, 0.25) is 0 Å². The van der Waals surface area contributed by atoms with Crippen molar-refractivity contribution in [2.24, 2.45) is 0 Å². The van der Waals surface area contributed by atoms with Gasteiger partial charge in [-0.15, -0.1) is 0 Å². The van der Waals surface area contributed by atoms with Gasteiger partial charge in [0.2, 0.25) is 0 Å². The number of pyridine rings is 1. The Hall–Kier alpha value is -2.08. The van der Waals surface area contributed by atoms with Crippen LogP contribution in [-0.2, 0) is 6.54 Å². The molecule has 0 saturated heterocycles. The highest BCUT2D eigenvalue weighted by Gasteiger charge is 2.30. The maximum atomic E-state index is 13.2. The molecule has 0 amide bonds. The number of rotatable bonds is 5. The summed E-state index contributed by atoms with van der Waals surface area (Å²) in [5, 5.41) is 3.20. The Bertz CT molecular complexity index is 739. The van der Waals surface area contributed by atoms with E-state index >= 15 is 0 Å². The van der Waals surface area contributed by atoms with E-state index in [9.17, 15) is 18.0 Å². The standard InChI is InChI=1S/C17H17F3N2O/c18-14-5-1-3-11(7-14)13-8-15(9-13)21-10-12-4-2-6-22(16(12)23)17(19)20/h1-7,13,15,17,21H,8-10H2. The average molecular weight is 322 g/mol. The lowest BCUT2D eigenvalue weighted by Gasteiger charge is -2.36. The van der Waals surface area contributed by atoms with Crippen molar-refractivity contribution in [3.63, 3.8) is 0 Å². The maximum Gasteiger partial charge on any atom is 0.321 e. The van der Waals surface area contributed by atoms with Crippen LogP contribution >= 0.6 is 0 Å². The third-order valence-electron chi connectivity index (χ3n) is 4.30. The Balaban J connectivity index is 1.55. The van der Waals surface area contributed by atoms with E-state index in [-0.39, 0.29) is 18.4 Å². The van der Waals surface area contributed by atoms with Crippen molar-refractivity contribution in [3.05, 3.63) is 69.9 Å². The van der Waals surface area contributed by atoms with Crippen molar-refractivity contribution in [2.75, 3.05) is 0 Å². The van der Waals surface area contributed by atoms with Crippen LogP contribution in [0, 0.1) is 5.82 Å². The van der Waals surface area contributed by atoms with Crippen LogP contribution in [0.1, 0.15) is 36.4 Å². The molecule has 1 aromatic heterocycles. The molecule has 0 aliphatic heterocycles. The first-order chi connectivity index (χ1) is 11.0. The zero-order valence-corrected chi connectivity index (χ0v) is 12.4. The fraction of sp³-hybridized carbons (Fsp3) is 0.353. The van der Waals surface area contributed by atoms with Gasteiger partial charge in [0.05, 0.1) is 0 Å². The molecule has 1 saturated carbocycles. The number of benzene rings is 1. The lowest BCUT2D eigenvalue weighted by atomic mass is 9.76. The van der Waals surface area contributed by atoms with Gasteiger partial charge in [0.1, 0.15) is 5.82 Å². The molecule has 0 atom stereocenters. The van der Waals surface area contributed by atoms with Gasteiger partial charge >= 0.3 is 6.55 Å². The summed E-state index contributed by atoms with van der Waals surface area (Å²) < 4.78 is 38.9. The number of hydrogen-bond acceptors (Lipinski definition) is 2. The summed E-state index contributed by atoms with van der Waals surface area (Å²) in [6, 6.07) is 9.77. The van der Waals surface area contributed by atoms with Gasteiger partial charge < -0.3 is 5.32 Å². The normalized spacial score (nSPS) is 20.5. The van der Waals surface area contributed by atoms with Crippen LogP contribution < -0.4 is 10.9 Å².